The van der Waals surface area contributed by atoms with Gasteiger partial charge in [-0.3, -0.25) is 4.79 Å². The molecule has 0 aromatic heterocycles. The van der Waals surface area contributed by atoms with Crippen molar-refractivity contribution in [2.45, 2.75) is 96.5 Å². The Bertz CT molecular complexity index is 261. The SMILES string of the molecule is CCCCCCC=CCC(O)CCCCCCCC(=O)O. The average Bonchev–Trinajstić information content (AvgIpc) is 2.45. The molecule has 2 N–H and O–H groups in total. The van der Waals surface area contributed by atoms with Gasteiger partial charge >= 0.3 is 5.97 Å². The number of aliphatic hydroxyl groups is 1. The molecule has 3 nitrogen and oxygen atoms in total. The van der Waals surface area contributed by atoms with E-state index < -0.39 is 5.97 Å². The summed E-state index contributed by atoms with van der Waals surface area (Å²) in [4.78, 5) is 10.3. The maximum absolute atomic E-state index is 10.3. The van der Waals surface area contributed by atoms with Crippen molar-refractivity contribution >= 4 is 5.97 Å². The van der Waals surface area contributed by atoms with Crippen LogP contribution in [0.5, 0.6) is 0 Å². The van der Waals surface area contributed by atoms with Crippen LogP contribution in [0.3, 0.4) is 0 Å². The van der Waals surface area contributed by atoms with Crippen molar-refractivity contribution < 1.29 is 15.0 Å². The summed E-state index contributed by atoms with van der Waals surface area (Å²) in [7, 11) is 0. The van der Waals surface area contributed by atoms with Crippen LogP contribution in [0.25, 0.3) is 0 Å². The monoisotopic (exact) mass is 298 g/mol. The number of rotatable bonds is 15. The molecule has 0 aromatic carbocycles. The smallest absolute Gasteiger partial charge is 0.303 e. The Hall–Kier alpha value is -0.830. The number of hydrogen-bond donors (Lipinski definition) is 2. The zero-order valence-corrected chi connectivity index (χ0v) is 13.7. The molecule has 0 bridgehead atoms. The Morgan fingerprint density at radius 3 is 2.33 bits per heavy atom. The largest absolute Gasteiger partial charge is 0.481 e. The molecular formula is C18H34O3. The molecule has 0 rings (SSSR count). The zero-order chi connectivity index (χ0) is 15.8. The summed E-state index contributed by atoms with van der Waals surface area (Å²) < 4.78 is 0. The first-order valence-corrected chi connectivity index (χ1v) is 8.71. The molecule has 0 aliphatic carbocycles. The van der Waals surface area contributed by atoms with Gasteiger partial charge in [0, 0.05) is 6.42 Å². The van der Waals surface area contributed by atoms with Gasteiger partial charge in [-0.15, -0.1) is 0 Å². The highest BCUT2D eigenvalue weighted by atomic mass is 16.4. The van der Waals surface area contributed by atoms with E-state index in [2.05, 4.69) is 19.1 Å². The van der Waals surface area contributed by atoms with Crippen molar-refractivity contribution in [2.24, 2.45) is 0 Å². The van der Waals surface area contributed by atoms with E-state index in [1.165, 1.54) is 25.7 Å². The number of aliphatic hydroxyl groups excluding tert-OH is 1. The van der Waals surface area contributed by atoms with E-state index >= 15 is 0 Å². The van der Waals surface area contributed by atoms with Crippen LogP contribution < -0.4 is 0 Å². The summed E-state index contributed by atoms with van der Waals surface area (Å²) in [5.74, 6) is -0.702. The van der Waals surface area contributed by atoms with E-state index in [0.29, 0.717) is 0 Å². The van der Waals surface area contributed by atoms with E-state index in [4.69, 9.17) is 5.11 Å². The Labute approximate surface area is 130 Å². The van der Waals surface area contributed by atoms with Crippen LogP contribution in [0.15, 0.2) is 12.2 Å². The summed E-state index contributed by atoms with van der Waals surface area (Å²) in [6.45, 7) is 2.22. The van der Waals surface area contributed by atoms with Crippen LogP contribution in [0, 0.1) is 0 Å². The Morgan fingerprint density at radius 1 is 0.952 bits per heavy atom. The zero-order valence-electron chi connectivity index (χ0n) is 13.7. The van der Waals surface area contributed by atoms with Crippen LogP contribution in [-0.2, 0) is 4.79 Å². The fourth-order valence-corrected chi connectivity index (χ4v) is 2.36. The number of allylic oxidation sites excluding steroid dienone is 1. The Morgan fingerprint density at radius 2 is 1.62 bits per heavy atom. The van der Waals surface area contributed by atoms with Crippen LogP contribution in [0.4, 0.5) is 0 Å². The minimum Gasteiger partial charge on any atom is -0.481 e. The lowest BCUT2D eigenvalue weighted by molar-refractivity contribution is -0.137. The Balaban J connectivity index is 3.28. The van der Waals surface area contributed by atoms with Gasteiger partial charge in [0.1, 0.15) is 0 Å². The molecule has 0 saturated carbocycles. The molecule has 0 aromatic rings. The molecule has 0 radical (unpaired) electrons. The van der Waals surface area contributed by atoms with Crippen molar-refractivity contribution in [3.8, 4) is 0 Å². The molecule has 0 fully saturated rings. The number of carboxylic acid groups (broad SMARTS) is 1. The molecular weight excluding hydrogens is 264 g/mol. The van der Waals surface area contributed by atoms with Crippen molar-refractivity contribution in [2.75, 3.05) is 0 Å². The molecule has 0 aliphatic heterocycles. The van der Waals surface area contributed by atoms with Crippen LogP contribution in [-0.4, -0.2) is 22.3 Å². The second kappa shape index (κ2) is 15.6. The standard InChI is InChI=1S/C18H34O3/c1-2-3-4-5-6-8-11-14-17(19)15-12-9-7-10-13-16-18(20)21/h8,11,17,19H,2-7,9-10,12-16H2,1H3,(H,20,21). The number of unbranched alkanes of at least 4 members (excludes halogenated alkanes) is 8. The minimum absolute atomic E-state index is 0.212. The molecule has 0 heterocycles. The van der Waals surface area contributed by atoms with Gasteiger partial charge in [-0.25, -0.2) is 0 Å². The number of hydrogen-bond acceptors (Lipinski definition) is 2. The maximum atomic E-state index is 10.3. The predicted octanol–water partition coefficient (Wildman–Crippen LogP) is 5.08. The fraction of sp³-hybridized carbons (Fsp3) is 0.833. The van der Waals surface area contributed by atoms with Crippen LogP contribution >= 0.6 is 0 Å². The van der Waals surface area contributed by atoms with Gasteiger partial charge in [-0.2, -0.15) is 0 Å². The third-order valence-electron chi connectivity index (χ3n) is 3.73. The fourth-order valence-electron chi connectivity index (χ4n) is 2.36. The average molecular weight is 298 g/mol. The molecule has 1 unspecified atom stereocenters. The van der Waals surface area contributed by atoms with E-state index in [9.17, 15) is 9.90 Å². The summed E-state index contributed by atoms with van der Waals surface area (Å²) in [5.41, 5.74) is 0. The molecule has 0 spiro atoms. The van der Waals surface area contributed by atoms with Gasteiger partial charge in [-0.1, -0.05) is 64.0 Å². The summed E-state index contributed by atoms with van der Waals surface area (Å²) in [6, 6.07) is 0. The van der Waals surface area contributed by atoms with Crippen LogP contribution in [0.1, 0.15) is 90.4 Å². The highest BCUT2D eigenvalue weighted by Gasteiger charge is 2.01. The third kappa shape index (κ3) is 17.1. The second-order valence-corrected chi connectivity index (χ2v) is 5.91. The third-order valence-corrected chi connectivity index (χ3v) is 3.73. The molecule has 0 aliphatic rings. The summed E-state index contributed by atoms with van der Waals surface area (Å²) in [5, 5.41) is 18.3. The molecule has 3 heteroatoms. The molecule has 21 heavy (non-hydrogen) atoms. The van der Waals surface area contributed by atoms with E-state index in [1.807, 2.05) is 0 Å². The number of carbonyl (C=O) groups is 1. The van der Waals surface area contributed by atoms with Gasteiger partial charge in [0.2, 0.25) is 0 Å². The molecule has 124 valence electrons. The van der Waals surface area contributed by atoms with Gasteiger partial charge in [0.25, 0.3) is 0 Å². The number of carboxylic acids is 1. The normalized spacial score (nSPS) is 12.9. The summed E-state index contributed by atoms with van der Waals surface area (Å²) >= 11 is 0. The van der Waals surface area contributed by atoms with Crippen molar-refractivity contribution in [3.05, 3.63) is 12.2 Å². The van der Waals surface area contributed by atoms with Gasteiger partial charge in [-0.05, 0) is 32.1 Å². The lowest BCUT2D eigenvalue weighted by Crippen LogP contribution is -2.04. The second-order valence-electron chi connectivity index (χ2n) is 5.91. The van der Waals surface area contributed by atoms with E-state index in [-0.39, 0.29) is 12.5 Å². The Kier molecular flexibility index (Phi) is 14.9. The van der Waals surface area contributed by atoms with Crippen LogP contribution in [0.2, 0.25) is 0 Å². The van der Waals surface area contributed by atoms with E-state index in [1.54, 1.807) is 0 Å². The maximum Gasteiger partial charge on any atom is 0.303 e. The first-order chi connectivity index (χ1) is 10.2. The van der Waals surface area contributed by atoms with E-state index in [0.717, 1.165) is 51.4 Å². The van der Waals surface area contributed by atoms with Crippen molar-refractivity contribution in [1.82, 2.24) is 0 Å². The highest BCUT2D eigenvalue weighted by Crippen LogP contribution is 2.11. The van der Waals surface area contributed by atoms with Gasteiger partial charge in [0.15, 0.2) is 0 Å². The molecule has 0 saturated heterocycles. The first-order valence-electron chi connectivity index (χ1n) is 8.71. The predicted molar refractivity (Wildman–Crippen MR) is 88.5 cm³/mol. The molecule has 0 amide bonds. The topological polar surface area (TPSA) is 57.5 Å². The lowest BCUT2D eigenvalue weighted by atomic mass is 10.0. The minimum atomic E-state index is -0.702. The van der Waals surface area contributed by atoms with Gasteiger partial charge in [0.05, 0.1) is 6.10 Å². The number of aliphatic carboxylic acids is 1. The first kappa shape index (κ1) is 20.2. The quantitative estimate of drug-likeness (QED) is 0.327. The lowest BCUT2D eigenvalue weighted by Gasteiger charge is -2.07. The molecule has 1 atom stereocenters. The van der Waals surface area contributed by atoms with Gasteiger partial charge < -0.3 is 10.2 Å². The van der Waals surface area contributed by atoms with Crippen molar-refractivity contribution in [1.29, 1.82) is 0 Å². The highest BCUT2D eigenvalue weighted by molar-refractivity contribution is 5.66. The van der Waals surface area contributed by atoms with Crippen molar-refractivity contribution in [3.63, 3.8) is 0 Å². The summed E-state index contributed by atoms with van der Waals surface area (Å²) in [6.07, 6.45) is 17.3.